The number of rotatable bonds is 5. The number of fused-ring (bicyclic) bond motifs is 1. The molecule has 1 heterocycles. The van der Waals surface area contributed by atoms with E-state index >= 15 is 0 Å². The van der Waals surface area contributed by atoms with Crippen LogP contribution < -0.4 is 4.80 Å². The Kier molecular flexibility index (Phi) is 5.65. The highest BCUT2D eigenvalue weighted by atomic mass is 32.1. The number of nitrogens with zero attached hydrogens (tertiary/aromatic N) is 3. The van der Waals surface area contributed by atoms with Crippen molar-refractivity contribution < 1.29 is 19.2 Å². The van der Waals surface area contributed by atoms with E-state index in [1.165, 1.54) is 35.1 Å². The predicted octanol–water partition coefficient (Wildman–Crippen LogP) is 2.76. The summed E-state index contributed by atoms with van der Waals surface area (Å²) in [6.07, 6.45) is 0.118. The lowest BCUT2D eigenvalue weighted by Crippen LogP contribution is -2.22. The van der Waals surface area contributed by atoms with Crippen molar-refractivity contribution >= 4 is 39.1 Å². The van der Waals surface area contributed by atoms with Gasteiger partial charge >= 0.3 is 5.97 Å². The monoisotopic (exact) mass is 399 g/mol. The van der Waals surface area contributed by atoms with E-state index in [1.807, 2.05) is 31.2 Å². The molecule has 0 N–H and O–H groups in total. The van der Waals surface area contributed by atoms with Crippen LogP contribution in [-0.4, -0.2) is 28.5 Å². The van der Waals surface area contributed by atoms with Crippen molar-refractivity contribution in [2.24, 2.45) is 4.99 Å². The summed E-state index contributed by atoms with van der Waals surface area (Å²) < 4.78 is 6.84. The van der Waals surface area contributed by atoms with Crippen molar-refractivity contribution in [3.05, 3.63) is 68.5 Å². The highest BCUT2D eigenvalue weighted by molar-refractivity contribution is 7.16. The lowest BCUT2D eigenvalue weighted by molar-refractivity contribution is -0.384. The van der Waals surface area contributed by atoms with Crippen LogP contribution in [0.1, 0.15) is 11.1 Å². The second-order valence-electron chi connectivity index (χ2n) is 6.12. The average molecular weight is 399 g/mol. The van der Waals surface area contributed by atoms with E-state index in [4.69, 9.17) is 4.74 Å². The van der Waals surface area contributed by atoms with Crippen LogP contribution in [0.3, 0.4) is 0 Å². The number of amides is 1. The van der Waals surface area contributed by atoms with Crippen molar-refractivity contribution in [1.29, 1.82) is 0 Å². The van der Waals surface area contributed by atoms with Gasteiger partial charge in [0.25, 0.3) is 11.6 Å². The number of carbonyl (C=O) groups excluding carboxylic acids is 2. The Morgan fingerprint density at radius 2 is 1.93 bits per heavy atom. The molecule has 0 fully saturated rings. The van der Waals surface area contributed by atoms with Gasteiger partial charge in [-0.1, -0.05) is 41.2 Å². The lowest BCUT2D eigenvalue weighted by Gasteiger charge is -2.03. The predicted molar refractivity (Wildman–Crippen MR) is 104 cm³/mol. The molecule has 0 saturated carbocycles. The Balaban J connectivity index is 2.04. The van der Waals surface area contributed by atoms with Crippen LogP contribution >= 0.6 is 11.3 Å². The number of hydrogen-bond acceptors (Lipinski definition) is 6. The fraction of sp³-hybridized carbons (Fsp3) is 0.211. The lowest BCUT2D eigenvalue weighted by atomic mass is 10.1. The number of non-ortho nitro benzene ring substituents is 1. The van der Waals surface area contributed by atoms with Gasteiger partial charge in [-0.15, -0.1) is 0 Å². The Hall–Kier alpha value is -3.33. The van der Waals surface area contributed by atoms with Crippen LogP contribution in [0.5, 0.6) is 0 Å². The van der Waals surface area contributed by atoms with E-state index < -0.39 is 10.9 Å². The van der Waals surface area contributed by atoms with Gasteiger partial charge < -0.3 is 9.30 Å². The van der Waals surface area contributed by atoms with Gasteiger partial charge in [0.05, 0.1) is 28.7 Å². The summed E-state index contributed by atoms with van der Waals surface area (Å²) in [5.74, 6) is -0.915. The van der Waals surface area contributed by atoms with Crippen LogP contribution in [0.15, 0.2) is 47.5 Å². The van der Waals surface area contributed by atoms with Gasteiger partial charge in [-0.3, -0.25) is 19.7 Å². The highest BCUT2D eigenvalue weighted by Crippen LogP contribution is 2.23. The summed E-state index contributed by atoms with van der Waals surface area (Å²) in [7, 11) is 1.25. The molecule has 28 heavy (non-hydrogen) atoms. The number of nitro benzene ring substituents is 1. The molecule has 0 unspecified atom stereocenters. The summed E-state index contributed by atoms with van der Waals surface area (Å²) in [6.45, 7) is 1.76. The first kappa shape index (κ1) is 19.4. The maximum absolute atomic E-state index is 12.4. The normalized spacial score (nSPS) is 11.6. The van der Waals surface area contributed by atoms with E-state index in [2.05, 4.69) is 4.99 Å². The molecule has 3 rings (SSSR count). The zero-order valence-corrected chi connectivity index (χ0v) is 16.1. The zero-order valence-electron chi connectivity index (χ0n) is 15.2. The first-order valence-electron chi connectivity index (χ1n) is 8.35. The number of aromatic nitrogens is 1. The van der Waals surface area contributed by atoms with Crippen molar-refractivity contribution in [2.45, 2.75) is 19.9 Å². The summed E-state index contributed by atoms with van der Waals surface area (Å²) >= 11 is 1.18. The van der Waals surface area contributed by atoms with Gasteiger partial charge in [-0.05, 0) is 18.6 Å². The molecule has 9 heteroatoms. The molecule has 0 aliphatic carbocycles. The molecule has 0 spiro atoms. The van der Waals surface area contributed by atoms with Crippen molar-refractivity contribution in [3.63, 3.8) is 0 Å². The van der Waals surface area contributed by atoms with E-state index in [0.717, 1.165) is 11.1 Å². The summed E-state index contributed by atoms with van der Waals surface area (Å²) in [5, 5.41) is 11.1. The number of aryl methyl sites for hydroxylation is 1. The number of hydrogen-bond donors (Lipinski definition) is 0. The van der Waals surface area contributed by atoms with Crippen molar-refractivity contribution in [2.75, 3.05) is 7.11 Å². The first-order valence-corrected chi connectivity index (χ1v) is 9.16. The van der Waals surface area contributed by atoms with Gasteiger partial charge in [-0.25, -0.2) is 0 Å². The van der Waals surface area contributed by atoms with E-state index in [9.17, 15) is 19.7 Å². The zero-order chi connectivity index (χ0) is 20.3. The number of benzene rings is 2. The molecular weight excluding hydrogens is 382 g/mol. The standard InChI is InChI=1S/C19H17N3O5S/c1-12-3-5-13(6-4-12)9-17(23)20-19-21(11-18(24)27-2)15-10-14(22(25)26)7-8-16(15)28-19/h3-8,10H,9,11H2,1-2H3. The van der Waals surface area contributed by atoms with E-state index in [0.29, 0.717) is 10.2 Å². The molecular formula is C19H17N3O5S. The molecule has 8 nitrogen and oxygen atoms in total. The van der Waals surface area contributed by atoms with Crippen LogP contribution in [0.2, 0.25) is 0 Å². The maximum Gasteiger partial charge on any atom is 0.325 e. The maximum atomic E-state index is 12.4. The minimum absolute atomic E-state index is 0.110. The molecule has 0 aliphatic heterocycles. The molecule has 1 aromatic heterocycles. The number of carbonyl (C=O) groups is 2. The van der Waals surface area contributed by atoms with Gasteiger partial charge in [0, 0.05) is 12.1 Å². The minimum Gasteiger partial charge on any atom is -0.468 e. The quantitative estimate of drug-likeness (QED) is 0.373. The van der Waals surface area contributed by atoms with Gasteiger partial charge in [0.1, 0.15) is 6.54 Å². The van der Waals surface area contributed by atoms with Crippen molar-refractivity contribution in [1.82, 2.24) is 4.57 Å². The van der Waals surface area contributed by atoms with Crippen molar-refractivity contribution in [3.8, 4) is 0 Å². The molecule has 3 aromatic rings. The van der Waals surface area contributed by atoms with Crippen LogP contribution in [0.4, 0.5) is 5.69 Å². The summed E-state index contributed by atoms with van der Waals surface area (Å²) in [5.41, 5.74) is 2.26. The number of nitro groups is 1. The number of ether oxygens (including phenoxy) is 1. The van der Waals surface area contributed by atoms with Crippen LogP contribution in [0, 0.1) is 17.0 Å². The molecule has 0 atom stereocenters. The fourth-order valence-electron chi connectivity index (χ4n) is 2.63. The molecule has 0 saturated heterocycles. The molecule has 2 aromatic carbocycles. The third-order valence-corrected chi connectivity index (χ3v) is 5.15. The fourth-order valence-corrected chi connectivity index (χ4v) is 3.66. The second-order valence-corrected chi connectivity index (χ2v) is 7.13. The van der Waals surface area contributed by atoms with Crippen LogP contribution in [0.25, 0.3) is 10.2 Å². The Morgan fingerprint density at radius 1 is 1.21 bits per heavy atom. The third kappa shape index (κ3) is 4.32. The average Bonchev–Trinajstić information content (AvgIpc) is 2.99. The first-order chi connectivity index (χ1) is 13.4. The number of methoxy groups -OCH3 is 1. The van der Waals surface area contributed by atoms with Gasteiger partial charge in [0.2, 0.25) is 0 Å². The highest BCUT2D eigenvalue weighted by Gasteiger charge is 2.15. The van der Waals surface area contributed by atoms with E-state index in [-0.39, 0.29) is 29.4 Å². The summed E-state index contributed by atoms with van der Waals surface area (Å²) in [6, 6.07) is 11.9. The third-order valence-electron chi connectivity index (χ3n) is 4.09. The smallest absolute Gasteiger partial charge is 0.325 e. The molecule has 0 aliphatic rings. The Morgan fingerprint density at radius 3 is 2.57 bits per heavy atom. The Bertz CT molecular complexity index is 1130. The SMILES string of the molecule is COC(=O)Cn1c(=NC(=O)Cc2ccc(C)cc2)sc2ccc([N+](=O)[O-])cc21. The number of thiazole rings is 1. The Labute approximate surface area is 163 Å². The second kappa shape index (κ2) is 8.13. The minimum atomic E-state index is -0.543. The van der Waals surface area contributed by atoms with Gasteiger partial charge in [-0.2, -0.15) is 4.99 Å². The molecule has 144 valence electrons. The van der Waals surface area contributed by atoms with Gasteiger partial charge in [0.15, 0.2) is 4.80 Å². The molecule has 0 radical (unpaired) electrons. The summed E-state index contributed by atoms with van der Waals surface area (Å²) in [4.78, 5) is 39.2. The number of esters is 1. The topological polar surface area (TPSA) is 104 Å². The van der Waals surface area contributed by atoms with Crippen LogP contribution in [-0.2, 0) is 27.3 Å². The van der Waals surface area contributed by atoms with E-state index in [1.54, 1.807) is 6.07 Å². The molecule has 0 bridgehead atoms. The largest absolute Gasteiger partial charge is 0.468 e. The molecule has 1 amide bonds.